The molecule has 1 aromatic carbocycles. The van der Waals surface area contributed by atoms with E-state index >= 15 is 0 Å². The molecule has 100 valence electrons. The molecule has 0 aliphatic rings. The average molecular weight is 264 g/mol. The third-order valence-electron chi connectivity index (χ3n) is 2.82. The molecule has 1 aromatic heterocycles. The van der Waals surface area contributed by atoms with Crippen molar-refractivity contribution < 1.29 is 19.0 Å². The normalized spacial score (nSPS) is 10.5. The summed E-state index contributed by atoms with van der Waals surface area (Å²) in [5.74, 6) is -0.632. The summed E-state index contributed by atoms with van der Waals surface area (Å²) < 4.78 is 19.4. The summed E-state index contributed by atoms with van der Waals surface area (Å²) in [4.78, 5) is 10.9. The molecule has 0 aliphatic carbocycles. The Labute approximate surface area is 109 Å². The van der Waals surface area contributed by atoms with Gasteiger partial charge in [-0.3, -0.25) is 4.68 Å². The first kappa shape index (κ1) is 13.1. The van der Waals surface area contributed by atoms with E-state index in [9.17, 15) is 9.18 Å². The van der Waals surface area contributed by atoms with Gasteiger partial charge in [0.25, 0.3) is 0 Å². The first-order valence-corrected chi connectivity index (χ1v) is 5.57. The van der Waals surface area contributed by atoms with E-state index < -0.39 is 12.6 Å². The van der Waals surface area contributed by atoms with Crippen molar-refractivity contribution in [2.75, 3.05) is 7.11 Å². The van der Waals surface area contributed by atoms with Gasteiger partial charge in [-0.25, -0.2) is 9.18 Å². The molecular weight excluding hydrogens is 251 g/mol. The number of carbonyl (C=O) groups is 1. The monoisotopic (exact) mass is 264 g/mol. The molecule has 2 rings (SSSR count). The Morgan fingerprint density at radius 3 is 2.74 bits per heavy atom. The smallest absolute Gasteiger partial charge is 0.356 e. The van der Waals surface area contributed by atoms with Crippen molar-refractivity contribution in [2.24, 2.45) is 7.05 Å². The predicted molar refractivity (Wildman–Crippen MR) is 67.0 cm³/mol. The molecule has 6 heteroatoms. The van der Waals surface area contributed by atoms with Crippen molar-refractivity contribution in [1.82, 2.24) is 9.78 Å². The van der Waals surface area contributed by atoms with Crippen molar-refractivity contribution in [1.29, 1.82) is 0 Å². The van der Waals surface area contributed by atoms with Gasteiger partial charge in [0.05, 0.1) is 12.8 Å². The number of hydrogen-bond acceptors (Lipinski definition) is 3. The highest BCUT2D eigenvalue weighted by Crippen LogP contribution is 2.27. The Hall–Kier alpha value is -2.37. The lowest BCUT2D eigenvalue weighted by molar-refractivity contribution is 0.0689. The van der Waals surface area contributed by atoms with Crippen LogP contribution in [0.4, 0.5) is 4.39 Å². The van der Waals surface area contributed by atoms with E-state index in [0.717, 1.165) is 0 Å². The molecule has 0 atom stereocenters. The number of carboxylic acids is 1. The zero-order valence-corrected chi connectivity index (χ0v) is 10.6. The van der Waals surface area contributed by atoms with Gasteiger partial charge in [0.2, 0.25) is 0 Å². The second-order valence-corrected chi connectivity index (χ2v) is 4.00. The third-order valence-corrected chi connectivity index (χ3v) is 2.82. The van der Waals surface area contributed by atoms with Gasteiger partial charge in [0, 0.05) is 18.2 Å². The number of aromatic carboxylic acids is 1. The summed E-state index contributed by atoms with van der Waals surface area (Å²) in [7, 11) is 3.11. The molecule has 0 spiro atoms. The van der Waals surface area contributed by atoms with Crippen molar-refractivity contribution >= 4 is 5.97 Å². The molecule has 0 saturated carbocycles. The molecule has 0 amide bonds. The van der Waals surface area contributed by atoms with Crippen molar-refractivity contribution in [3.8, 4) is 17.0 Å². The van der Waals surface area contributed by atoms with E-state index in [4.69, 9.17) is 9.84 Å². The number of carboxylic acid groups (broad SMARTS) is 1. The van der Waals surface area contributed by atoms with Gasteiger partial charge < -0.3 is 9.84 Å². The number of benzene rings is 1. The molecule has 2 aromatic rings. The molecular formula is C13H13FN2O3. The van der Waals surface area contributed by atoms with Crippen LogP contribution in [0.3, 0.4) is 0 Å². The van der Waals surface area contributed by atoms with Crippen LogP contribution in [0.25, 0.3) is 11.3 Å². The highest BCUT2D eigenvalue weighted by atomic mass is 19.1. The van der Waals surface area contributed by atoms with Crippen molar-refractivity contribution in [3.05, 3.63) is 35.5 Å². The Balaban J connectivity index is 2.50. The second-order valence-electron chi connectivity index (χ2n) is 4.00. The molecule has 0 radical (unpaired) electrons. The largest absolute Gasteiger partial charge is 0.496 e. The van der Waals surface area contributed by atoms with Gasteiger partial charge in [-0.15, -0.1) is 0 Å². The fourth-order valence-corrected chi connectivity index (χ4v) is 1.88. The third kappa shape index (κ3) is 2.42. The molecule has 0 fully saturated rings. The van der Waals surface area contributed by atoms with Crippen LogP contribution >= 0.6 is 0 Å². The Bertz CT molecular complexity index is 622. The summed E-state index contributed by atoms with van der Waals surface area (Å²) in [5, 5.41) is 12.8. The maximum atomic E-state index is 12.9. The molecule has 0 aliphatic heterocycles. The number of halogens is 1. The number of aryl methyl sites for hydroxylation is 1. The second kappa shape index (κ2) is 5.09. The lowest BCUT2D eigenvalue weighted by Crippen LogP contribution is -1.99. The molecule has 0 saturated heterocycles. The van der Waals surface area contributed by atoms with Gasteiger partial charge in [-0.2, -0.15) is 5.10 Å². The van der Waals surface area contributed by atoms with Gasteiger partial charge in [0.15, 0.2) is 5.69 Å². The maximum Gasteiger partial charge on any atom is 0.356 e. The molecule has 0 unspecified atom stereocenters. The van der Waals surface area contributed by atoms with Crippen LogP contribution in [0.1, 0.15) is 16.1 Å². The molecule has 19 heavy (non-hydrogen) atoms. The summed E-state index contributed by atoms with van der Waals surface area (Å²) in [6.45, 7) is -0.652. The zero-order chi connectivity index (χ0) is 14.0. The summed E-state index contributed by atoms with van der Waals surface area (Å²) in [5.41, 5.74) is 1.67. The number of ether oxygens (including phenoxy) is 1. The highest BCUT2D eigenvalue weighted by Gasteiger charge is 2.14. The van der Waals surface area contributed by atoms with E-state index in [1.54, 1.807) is 25.2 Å². The minimum Gasteiger partial charge on any atom is -0.496 e. The van der Waals surface area contributed by atoms with Crippen molar-refractivity contribution in [2.45, 2.75) is 6.67 Å². The van der Waals surface area contributed by atoms with Gasteiger partial charge in [-0.05, 0) is 24.3 Å². The number of hydrogen-bond donors (Lipinski definition) is 1. The summed E-state index contributed by atoms with van der Waals surface area (Å²) >= 11 is 0. The standard InChI is InChI=1S/C13H13FN2O3/c1-16-11(6-10(15-16)13(17)18)8-3-4-12(19-2)9(5-8)7-14/h3-6H,7H2,1-2H3,(H,17,18). The van der Waals surface area contributed by atoms with E-state index in [0.29, 0.717) is 22.6 Å². The average Bonchev–Trinajstić information content (AvgIpc) is 2.80. The first-order valence-electron chi connectivity index (χ1n) is 5.57. The number of alkyl halides is 1. The van der Waals surface area contributed by atoms with Gasteiger partial charge in [0.1, 0.15) is 12.4 Å². The molecule has 1 heterocycles. The van der Waals surface area contributed by atoms with Crippen LogP contribution in [0.15, 0.2) is 24.3 Å². The lowest BCUT2D eigenvalue weighted by Gasteiger charge is -2.08. The Morgan fingerprint density at radius 1 is 1.47 bits per heavy atom. The number of methoxy groups -OCH3 is 1. The van der Waals surface area contributed by atoms with Crippen LogP contribution in [-0.2, 0) is 13.7 Å². The van der Waals surface area contributed by atoms with Crippen LogP contribution in [0, 0.1) is 0 Å². The minimum atomic E-state index is -1.10. The quantitative estimate of drug-likeness (QED) is 0.920. The highest BCUT2D eigenvalue weighted by molar-refractivity contribution is 5.87. The van der Waals surface area contributed by atoms with E-state index in [1.165, 1.54) is 17.9 Å². The fourth-order valence-electron chi connectivity index (χ4n) is 1.88. The SMILES string of the molecule is COc1ccc(-c2cc(C(=O)O)nn2C)cc1CF. The molecule has 5 nitrogen and oxygen atoms in total. The number of aromatic nitrogens is 2. The topological polar surface area (TPSA) is 64.3 Å². The van der Waals surface area contributed by atoms with E-state index in [1.807, 2.05) is 0 Å². The van der Waals surface area contributed by atoms with E-state index in [-0.39, 0.29) is 5.69 Å². The predicted octanol–water partition coefficient (Wildman–Crippen LogP) is 2.26. The first-order chi connectivity index (χ1) is 9.06. The zero-order valence-electron chi connectivity index (χ0n) is 10.6. The van der Waals surface area contributed by atoms with E-state index in [2.05, 4.69) is 5.10 Å². The fraction of sp³-hybridized carbons (Fsp3) is 0.231. The van der Waals surface area contributed by atoms with Crippen LogP contribution in [0.5, 0.6) is 5.75 Å². The van der Waals surface area contributed by atoms with Crippen LogP contribution in [0.2, 0.25) is 0 Å². The summed E-state index contributed by atoms with van der Waals surface area (Å²) in [6, 6.07) is 6.46. The summed E-state index contributed by atoms with van der Waals surface area (Å²) in [6.07, 6.45) is 0. The van der Waals surface area contributed by atoms with Crippen molar-refractivity contribution in [3.63, 3.8) is 0 Å². The Morgan fingerprint density at radius 2 is 2.21 bits per heavy atom. The minimum absolute atomic E-state index is 0.0462. The van der Waals surface area contributed by atoms with Gasteiger partial charge >= 0.3 is 5.97 Å². The Kier molecular flexibility index (Phi) is 3.50. The van der Waals surface area contributed by atoms with Gasteiger partial charge in [-0.1, -0.05) is 0 Å². The lowest BCUT2D eigenvalue weighted by atomic mass is 10.1. The number of rotatable bonds is 4. The van der Waals surface area contributed by atoms with Crippen LogP contribution < -0.4 is 4.74 Å². The van der Waals surface area contributed by atoms with Crippen LogP contribution in [-0.4, -0.2) is 28.0 Å². The number of nitrogens with zero attached hydrogens (tertiary/aromatic N) is 2. The molecule has 0 bridgehead atoms. The maximum absolute atomic E-state index is 12.9. The molecule has 1 N–H and O–H groups in total.